The monoisotopic (exact) mass is 314 g/mol. The number of benzene rings is 1. The maximum atomic E-state index is 10.4. The fourth-order valence-electron chi connectivity index (χ4n) is 1.36. The van der Waals surface area contributed by atoms with Crippen molar-refractivity contribution in [1.82, 2.24) is 0 Å². The van der Waals surface area contributed by atoms with E-state index in [-0.39, 0.29) is 20.4 Å². The number of rotatable bonds is 5. The van der Waals surface area contributed by atoms with Gasteiger partial charge in [0.2, 0.25) is 0 Å². The zero-order valence-electron chi connectivity index (χ0n) is 11.5. The van der Waals surface area contributed by atoms with Gasteiger partial charge in [-0.15, -0.1) is 0 Å². The van der Waals surface area contributed by atoms with Gasteiger partial charge in [0.15, 0.2) is 0 Å². The summed E-state index contributed by atoms with van der Waals surface area (Å²) in [6, 6.07) is 10.2. The van der Waals surface area contributed by atoms with Crippen molar-refractivity contribution in [2.24, 2.45) is 5.41 Å². The molecule has 1 aromatic rings. The van der Waals surface area contributed by atoms with Crippen molar-refractivity contribution in [2.75, 3.05) is 6.61 Å². The van der Waals surface area contributed by atoms with E-state index in [1.165, 1.54) is 4.46 Å². The Labute approximate surface area is 116 Å². The zero-order valence-corrected chi connectivity index (χ0v) is 13.2. The van der Waals surface area contributed by atoms with Crippen molar-refractivity contribution in [3.63, 3.8) is 0 Å². The van der Waals surface area contributed by atoms with Gasteiger partial charge in [-0.3, -0.25) is 0 Å². The van der Waals surface area contributed by atoms with Crippen LogP contribution < -0.4 is 4.46 Å². The fraction of sp³-hybridized carbons (Fsp3) is 0.467. The van der Waals surface area contributed by atoms with E-state index >= 15 is 0 Å². The summed E-state index contributed by atoms with van der Waals surface area (Å²) in [5.74, 6) is 0. The molecule has 0 aromatic heterocycles. The molecule has 0 radical (unpaired) electrons. The Balaban J connectivity index is 2.86. The third kappa shape index (κ3) is 4.85. The molecular formula is C15H22O2Se. The molecule has 2 nitrogen and oxygen atoms in total. The molecule has 1 rings (SSSR count). The molecule has 0 spiro atoms. The van der Waals surface area contributed by atoms with Crippen LogP contribution in [0.3, 0.4) is 0 Å². The molecule has 0 aliphatic rings. The van der Waals surface area contributed by atoms with E-state index in [2.05, 4.69) is 12.1 Å². The van der Waals surface area contributed by atoms with Crippen LogP contribution >= 0.6 is 0 Å². The van der Waals surface area contributed by atoms with Crippen molar-refractivity contribution < 1.29 is 9.84 Å². The Morgan fingerprint density at radius 1 is 1.33 bits per heavy atom. The van der Waals surface area contributed by atoms with Crippen LogP contribution in [0.1, 0.15) is 27.7 Å². The second-order valence-corrected chi connectivity index (χ2v) is 7.57. The fourth-order valence-corrected chi connectivity index (χ4v) is 3.77. The number of aliphatic hydroxyl groups excluding tert-OH is 1. The summed E-state index contributed by atoms with van der Waals surface area (Å²) in [5.41, 5.74) is -0.167. The normalized spacial score (nSPS) is 14.4. The topological polar surface area (TPSA) is 29.5 Å². The quantitative estimate of drug-likeness (QED) is 0.668. The van der Waals surface area contributed by atoms with E-state index < -0.39 is 6.10 Å². The molecule has 0 aliphatic heterocycles. The molecule has 0 saturated carbocycles. The Morgan fingerprint density at radius 3 is 2.44 bits per heavy atom. The third-order valence-corrected chi connectivity index (χ3v) is 4.67. The SMILES string of the molecule is CCO/C=C(/[Se]c1ccccc1)C(O)C(C)(C)C. The second kappa shape index (κ2) is 6.98. The van der Waals surface area contributed by atoms with E-state index in [4.69, 9.17) is 4.74 Å². The van der Waals surface area contributed by atoms with E-state index in [9.17, 15) is 5.11 Å². The standard InChI is InChI=1S/C15H22O2Se/c1-5-17-11-13(14(16)15(2,3)4)18-12-9-7-6-8-10-12/h6-11,14,16H,5H2,1-4H3/b13-11+. The van der Waals surface area contributed by atoms with Gasteiger partial charge >= 0.3 is 116 Å². The van der Waals surface area contributed by atoms with Gasteiger partial charge in [-0.05, 0) is 0 Å². The molecule has 0 amide bonds. The average molecular weight is 313 g/mol. The molecule has 0 fully saturated rings. The molecule has 18 heavy (non-hydrogen) atoms. The van der Waals surface area contributed by atoms with Gasteiger partial charge in [0.1, 0.15) is 0 Å². The van der Waals surface area contributed by atoms with Crippen molar-refractivity contribution in [3.05, 3.63) is 41.1 Å². The molecular weight excluding hydrogens is 291 g/mol. The first-order chi connectivity index (χ1) is 8.45. The third-order valence-electron chi connectivity index (χ3n) is 2.43. The molecule has 3 heteroatoms. The predicted molar refractivity (Wildman–Crippen MR) is 77.0 cm³/mol. The summed E-state index contributed by atoms with van der Waals surface area (Å²) in [6.07, 6.45) is 1.27. The first kappa shape index (κ1) is 15.3. The summed E-state index contributed by atoms with van der Waals surface area (Å²) >= 11 is 0.100. The van der Waals surface area contributed by atoms with E-state index in [1.807, 2.05) is 45.9 Å². The van der Waals surface area contributed by atoms with Crippen molar-refractivity contribution >= 4 is 19.4 Å². The average Bonchev–Trinajstić information content (AvgIpc) is 2.33. The van der Waals surface area contributed by atoms with Crippen molar-refractivity contribution in [2.45, 2.75) is 33.8 Å². The Hall–Kier alpha value is -0.761. The van der Waals surface area contributed by atoms with Crippen LogP contribution in [0, 0.1) is 5.41 Å². The van der Waals surface area contributed by atoms with Crippen LogP contribution in [-0.4, -0.2) is 32.8 Å². The summed E-state index contributed by atoms with van der Waals surface area (Å²) in [4.78, 5) is 0. The number of hydrogen-bond donors (Lipinski definition) is 1. The second-order valence-electron chi connectivity index (χ2n) is 5.16. The minimum absolute atomic E-state index is 0.100. The zero-order chi connectivity index (χ0) is 13.6. The molecule has 1 unspecified atom stereocenters. The number of aliphatic hydroxyl groups is 1. The minimum atomic E-state index is -0.468. The predicted octanol–water partition coefficient (Wildman–Crippen LogP) is 2.30. The summed E-state index contributed by atoms with van der Waals surface area (Å²) in [6.45, 7) is 8.70. The number of ether oxygens (including phenoxy) is 1. The summed E-state index contributed by atoms with van der Waals surface area (Å²) in [7, 11) is 0. The first-order valence-electron chi connectivity index (χ1n) is 6.17. The summed E-state index contributed by atoms with van der Waals surface area (Å²) in [5, 5.41) is 10.4. The first-order valence-corrected chi connectivity index (χ1v) is 7.89. The van der Waals surface area contributed by atoms with Gasteiger partial charge in [0.25, 0.3) is 0 Å². The van der Waals surface area contributed by atoms with E-state index in [1.54, 1.807) is 6.26 Å². The molecule has 100 valence electrons. The molecule has 0 aliphatic carbocycles. The molecule has 1 N–H and O–H groups in total. The van der Waals surface area contributed by atoms with Crippen LogP contribution in [0.5, 0.6) is 0 Å². The van der Waals surface area contributed by atoms with Crippen LogP contribution in [0.25, 0.3) is 0 Å². The van der Waals surface area contributed by atoms with E-state index in [0.29, 0.717) is 6.61 Å². The van der Waals surface area contributed by atoms with Gasteiger partial charge in [-0.1, -0.05) is 0 Å². The van der Waals surface area contributed by atoms with Crippen LogP contribution in [0.4, 0.5) is 0 Å². The van der Waals surface area contributed by atoms with Crippen LogP contribution in [0.2, 0.25) is 0 Å². The molecule has 0 bridgehead atoms. The molecule has 1 atom stereocenters. The van der Waals surface area contributed by atoms with Crippen LogP contribution in [0.15, 0.2) is 41.1 Å². The summed E-state index contributed by atoms with van der Waals surface area (Å²) < 4.78 is 7.62. The number of hydrogen-bond acceptors (Lipinski definition) is 2. The van der Waals surface area contributed by atoms with Gasteiger partial charge in [-0.25, -0.2) is 0 Å². The Bertz CT molecular complexity index is 379. The van der Waals surface area contributed by atoms with Gasteiger partial charge < -0.3 is 0 Å². The van der Waals surface area contributed by atoms with E-state index in [0.717, 1.165) is 4.47 Å². The van der Waals surface area contributed by atoms with Gasteiger partial charge in [0, 0.05) is 0 Å². The van der Waals surface area contributed by atoms with Gasteiger partial charge in [-0.2, -0.15) is 0 Å². The Kier molecular flexibility index (Phi) is 5.93. The Morgan fingerprint density at radius 2 is 1.94 bits per heavy atom. The van der Waals surface area contributed by atoms with Crippen LogP contribution in [-0.2, 0) is 4.74 Å². The molecule has 1 aromatic carbocycles. The maximum absolute atomic E-state index is 10.4. The van der Waals surface area contributed by atoms with Gasteiger partial charge in [0.05, 0.1) is 0 Å². The van der Waals surface area contributed by atoms with Crippen molar-refractivity contribution in [3.8, 4) is 0 Å². The molecule has 0 heterocycles. The molecule has 0 saturated heterocycles. The van der Waals surface area contributed by atoms with Crippen molar-refractivity contribution in [1.29, 1.82) is 0 Å².